The van der Waals surface area contributed by atoms with Gasteiger partial charge in [0.2, 0.25) is 5.89 Å². The molecule has 0 fully saturated rings. The van der Waals surface area contributed by atoms with Crippen LogP contribution in [0.25, 0.3) is 22.7 Å². The average Bonchev–Trinajstić information content (AvgIpc) is 2.66. The van der Waals surface area contributed by atoms with E-state index in [4.69, 9.17) is 18.6 Å². The molecule has 3 aromatic rings. The molecule has 0 bridgehead atoms. The molecule has 128 valence electrons. The standard InChI is InChI=1S/C19H17NO5/c1-22-15-7-5-4-6-13(15)14-11-18(21)25-19(20-14)12-8-9-16(23-2)17(10-12)24-3/h4-11H,1-3H3. The summed E-state index contributed by atoms with van der Waals surface area (Å²) in [6.07, 6.45) is 0. The Labute approximate surface area is 144 Å². The maximum Gasteiger partial charge on any atom is 0.339 e. The Balaban J connectivity index is 2.13. The molecule has 25 heavy (non-hydrogen) atoms. The third-order valence-corrected chi connectivity index (χ3v) is 3.69. The monoisotopic (exact) mass is 339 g/mol. The van der Waals surface area contributed by atoms with Crippen LogP contribution in [-0.2, 0) is 0 Å². The number of nitrogens with zero attached hydrogens (tertiary/aromatic N) is 1. The summed E-state index contributed by atoms with van der Waals surface area (Å²) in [5.41, 5.74) is 1.28. The lowest BCUT2D eigenvalue weighted by Crippen LogP contribution is -2.03. The first-order valence-corrected chi connectivity index (χ1v) is 7.54. The number of aromatic nitrogens is 1. The molecule has 1 aromatic heterocycles. The topological polar surface area (TPSA) is 70.8 Å². The molecule has 0 saturated heterocycles. The predicted octanol–water partition coefficient (Wildman–Crippen LogP) is 3.39. The Bertz CT molecular complexity index is 949. The zero-order valence-corrected chi connectivity index (χ0v) is 14.1. The van der Waals surface area contributed by atoms with Crippen molar-refractivity contribution in [2.75, 3.05) is 21.3 Å². The first-order chi connectivity index (χ1) is 12.2. The van der Waals surface area contributed by atoms with E-state index in [9.17, 15) is 4.79 Å². The number of rotatable bonds is 5. The van der Waals surface area contributed by atoms with Crippen molar-refractivity contribution in [1.82, 2.24) is 4.98 Å². The fraction of sp³-hybridized carbons (Fsp3) is 0.158. The fourth-order valence-electron chi connectivity index (χ4n) is 2.49. The number of benzene rings is 2. The van der Waals surface area contributed by atoms with E-state index in [-0.39, 0.29) is 5.89 Å². The molecule has 0 N–H and O–H groups in total. The molecular weight excluding hydrogens is 322 g/mol. The Morgan fingerprint density at radius 2 is 1.56 bits per heavy atom. The summed E-state index contributed by atoms with van der Waals surface area (Å²) in [6, 6.07) is 13.9. The van der Waals surface area contributed by atoms with E-state index in [0.717, 1.165) is 0 Å². The summed E-state index contributed by atoms with van der Waals surface area (Å²) >= 11 is 0. The van der Waals surface area contributed by atoms with Gasteiger partial charge in [-0.2, -0.15) is 0 Å². The Morgan fingerprint density at radius 1 is 0.840 bits per heavy atom. The third kappa shape index (κ3) is 3.33. The minimum Gasteiger partial charge on any atom is -0.496 e. The van der Waals surface area contributed by atoms with Crippen molar-refractivity contribution in [3.8, 4) is 40.0 Å². The maximum absolute atomic E-state index is 12.0. The fourth-order valence-corrected chi connectivity index (χ4v) is 2.49. The van der Waals surface area contributed by atoms with Crippen molar-refractivity contribution in [2.24, 2.45) is 0 Å². The van der Waals surface area contributed by atoms with Gasteiger partial charge in [-0.15, -0.1) is 0 Å². The van der Waals surface area contributed by atoms with Crippen LogP contribution < -0.4 is 19.8 Å². The number of hydrogen-bond donors (Lipinski definition) is 0. The van der Waals surface area contributed by atoms with E-state index < -0.39 is 5.63 Å². The molecule has 1 heterocycles. The predicted molar refractivity (Wildman–Crippen MR) is 93.3 cm³/mol. The lowest BCUT2D eigenvalue weighted by molar-refractivity contribution is 0.355. The van der Waals surface area contributed by atoms with Crippen molar-refractivity contribution < 1.29 is 18.6 Å². The van der Waals surface area contributed by atoms with Gasteiger partial charge >= 0.3 is 5.63 Å². The molecule has 0 spiro atoms. The van der Waals surface area contributed by atoms with Crippen LogP contribution in [0.2, 0.25) is 0 Å². The lowest BCUT2D eigenvalue weighted by Gasteiger charge is -2.10. The average molecular weight is 339 g/mol. The maximum atomic E-state index is 12.0. The second kappa shape index (κ2) is 7.09. The number of ether oxygens (including phenoxy) is 3. The summed E-state index contributed by atoms with van der Waals surface area (Å²) in [5, 5.41) is 0. The molecule has 0 aliphatic heterocycles. The van der Waals surface area contributed by atoms with Crippen molar-refractivity contribution in [3.63, 3.8) is 0 Å². The summed E-state index contributed by atoms with van der Waals surface area (Å²) in [4.78, 5) is 16.5. The Kier molecular flexibility index (Phi) is 4.70. The zero-order valence-electron chi connectivity index (χ0n) is 14.1. The molecule has 6 nitrogen and oxygen atoms in total. The van der Waals surface area contributed by atoms with Gasteiger partial charge in [0.25, 0.3) is 0 Å². The highest BCUT2D eigenvalue weighted by Gasteiger charge is 2.14. The summed E-state index contributed by atoms with van der Waals surface area (Å²) in [7, 11) is 4.66. The normalized spacial score (nSPS) is 10.4. The molecule has 0 unspecified atom stereocenters. The molecule has 3 rings (SSSR count). The van der Waals surface area contributed by atoms with Crippen LogP contribution in [0.1, 0.15) is 0 Å². The van der Waals surface area contributed by atoms with Crippen LogP contribution in [0.3, 0.4) is 0 Å². The second-order valence-electron chi connectivity index (χ2n) is 5.14. The Morgan fingerprint density at radius 3 is 2.28 bits per heavy atom. The molecule has 0 atom stereocenters. The first kappa shape index (κ1) is 16.6. The summed E-state index contributed by atoms with van der Waals surface area (Å²) in [5.74, 6) is 1.91. The molecular formula is C19H17NO5. The van der Waals surface area contributed by atoms with Gasteiger partial charge in [0.05, 0.1) is 33.1 Å². The van der Waals surface area contributed by atoms with Crippen molar-refractivity contribution in [3.05, 3.63) is 59.0 Å². The highest BCUT2D eigenvalue weighted by atomic mass is 16.5. The van der Waals surface area contributed by atoms with Crippen molar-refractivity contribution in [1.29, 1.82) is 0 Å². The van der Waals surface area contributed by atoms with E-state index in [1.54, 1.807) is 32.4 Å². The number of methoxy groups -OCH3 is 3. The van der Waals surface area contributed by atoms with Gasteiger partial charge in [0, 0.05) is 11.1 Å². The van der Waals surface area contributed by atoms with Crippen LogP contribution in [-0.4, -0.2) is 26.3 Å². The second-order valence-corrected chi connectivity index (χ2v) is 5.14. The third-order valence-electron chi connectivity index (χ3n) is 3.69. The van der Waals surface area contributed by atoms with Gasteiger partial charge in [-0.05, 0) is 30.3 Å². The molecule has 2 aromatic carbocycles. The molecule has 0 amide bonds. The first-order valence-electron chi connectivity index (χ1n) is 7.54. The van der Waals surface area contributed by atoms with Crippen LogP contribution in [0.4, 0.5) is 0 Å². The number of para-hydroxylation sites is 1. The van der Waals surface area contributed by atoms with Gasteiger partial charge in [0.1, 0.15) is 5.75 Å². The largest absolute Gasteiger partial charge is 0.496 e. The van der Waals surface area contributed by atoms with Gasteiger partial charge in [-0.3, -0.25) is 0 Å². The van der Waals surface area contributed by atoms with Gasteiger partial charge < -0.3 is 18.6 Å². The quantitative estimate of drug-likeness (QED) is 0.709. The van der Waals surface area contributed by atoms with E-state index in [1.165, 1.54) is 13.2 Å². The molecule has 0 radical (unpaired) electrons. The van der Waals surface area contributed by atoms with Gasteiger partial charge in [-0.1, -0.05) is 12.1 Å². The van der Waals surface area contributed by atoms with Gasteiger partial charge in [-0.25, -0.2) is 9.78 Å². The van der Waals surface area contributed by atoms with E-state index in [1.807, 2.05) is 24.3 Å². The van der Waals surface area contributed by atoms with E-state index >= 15 is 0 Å². The molecule has 0 aliphatic carbocycles. The van der Waals surface area contributed by atoms with Crippen LogP contribution in [0.15, 0.2) is 57.7 Å². The van der Waals surface area contributed by atoms with Crippen LogP contribution in [0, 0.1) is 0 Å². The van der Waals surface area contributed by atoms with Crippen molar-refractivity contribution in [2.45, 2.75) is 0 Å². The Hall–Kier alpha value is -3.28. The summed E-state index contributed by atoms with van der Waals surface area (Å²) < 4.78 is 21.1. The summed E-state index contributed by atoms with van der Waals surface area (Å²) in [6.45, 7) is 0. The smallest absolute Gasteiger partial charge is 0.339 e. The highest BCUT2D eigenvalue weighted by molar-refractivity contribution is 5.69. The SMILES string of the molecule is COc1ccc(-c2nc(-c3ccccc3OC)cc(=O)o2)cc1OC. The minimum atomic E-state index is -0.499. The van der Waals surface area contributed by atoms with Crippen LogP contribution >= 0.6 is 0 Å². The highest BCUT2D eigenvalue weighted by Crippen LogP contribution is 2.33. The van der Waals surface area contributed by atoms with Gasteiger partial charge in [0.15, 0.2) is 11.5 Å². The lowest BCUT2D eigenvalue weighted by atomic mass is 10.1. The molecule has 0 saturated carbocycles. The van der Waals surface area contributed by atoms with Crippen molar-refractivity contribution >= 4 is 0 Å². The minimum absolute atomic E-state index is 0.189. The van der Waals surface area contributed by atoms with Crippen LogP contribution in [0.5, 0.6) is 17.2 Å². The van der Waals surface area contributed by atoms with E-state index in [2.05, 4.69) is 4.98 Å². The molecule has 0 aliphatic rings. The zero-order chi connectivity index (χ0) is 17.8. The molecule has 6 heteroatoms. The van der Waals surface area contributed by atoms with E-state index in [0.29, 0.717) is 34.1 Å². The number of hydrogen-bond acceptors (Lipinski definition) is 6.